The van der Waals surface area contributed by atoms with Crippen LogP contribution in [0.1, 0.15) is 56.1 Å². The van der Waals surface area contributed by atoms with E-state index in [1.54, 1.807) is 0 Å². The van der Waals surface area contributed by atoms with Crippen LogP contribution >= 0.6 is 0 Å². The van der Waals surface area contributed by atoms with Crippen LogP contribution in [-0.2, 0) is 11.2 Å². The van der Waals surface area contributed by atoms with E-state index in [4.69, 9.17) is 0 Å². The maximum Gasteiger partial charge on any atom is 0.161 e. The van der Waals surface area contributed by atoms with Gasteiger partial charge in [-0.3, -0.25) is 4.79 Å². The molecule has 4 rings (SSSR count). The van der Waals surface area contributed by atoms with Crippen molar-refractivity contribution in [3.8, 4) is 5.75 Å². The number of aromatic hydroxyl groups is 1. The zero-order chi connectivity index (χ0) is 16.2. The Morgan fingerprint density at radius 3 is 2.87 bits per heavy atom. The summed E-state index contributed by atoms with van der Waals surface area (Å²) in [7, 11) is 0. The largest absolute Gasteiger partial charge is 0.508 e. The fraction of sp³-hybridized carbons (Fsp3) is 0.650. The highest BCUT2D eigenvalue weighted by molar-refractivity contribution is 5.83. The van der Waals surface area contributed by atoms with Gasteiger partial charge in [0, 0.05) is 5.92 Å². The lowest BCUT2D eigenvalue weighted by atomic mass is 9.54. The van der Waals surface area contributed by atoms with E-state index in [9.17, 15) is 15.0 Å². The summed E-state index contributed by atoms with van der Waals surface area (Å²) < 4.78 is 0. The number of aryl methyl sites for hydroxylation is 1. The average Bonchev–Trinajstić information content (AvgIpc) is 2.90. The molecule has 2 N–H and O–H groups in total. The molecule has 0 heterocycles. The summed E-state index contributed by atoms with van der Waals surface area (Å²) in [6.45, 7) is 1.99. The van der Waals surface area contributed by atoms with E-state index in [2.05, 4.69) is 13.0 Å². The van der Waals surface area contributed by atoms with Crippen LogP contribution in [0.5, 0.6) is 5.75 Å². The lowest BCUT2D eigenvalue weighted by molar-refractivity contribution is -0.130. The molecule has 2 saturated carbocycles. The predicted molar refractivity (Wildman–Crippen MR) is 88.3 cm³/mol. The van der Waals surface area contributed by atoms with Crippen LogP contribution in [0.3, 0.4) is 0 Å². The van der Waals surface area contributed by atoms with Gasteiger partial charge in [-0.2, -0.15) is 0 Å². The lowest BCUT2D eigenvalue weighted by Crippen LogP contribution is -2.44. The molecule has 3 aliphatic carbocycles. The first-order chi connectivity index (χ1) is 11.0. The van der Waals surface area contributed by atoms with Crippen LogP contribution in [0, 0.1) is 23.2 Å². The number of rotatable bonds is 2. The molecule has 1 aromatic carbocycles. The molecule has 3 aliphatic rings. The standard InChI is InChI=1S/C20H26O3/c1-20-9-8-15-14-5-3-13(22)10-12(14)2-4-16(15)17(20)6-7-18(20)19(23)11-21/h3,5,10,15-18,21-22H,2,4,6-9,11H2,1H3/t15-,16-,17+,18-,20+/m1/s1. The Morgan fingerprint density at radius 1 is 1.26 bits per heavy atom. The number of hydrogen-bond acceptors (Lipinski definition) is 3. The second kappa shape index (κ2) is 5.34. The summed E-state index contributed by atoms with van der Waals surface area (Å²) in [5, 5.41) is 19.1. The number of ketones is 1. The minimum atomic E-state index is -0.302. The van der Waals surface area contributed by atoms with E-state index >= 15 is 0 Å². The highest BCUT2D eigenvalue weighted by Gasteiger charge is 2.56. The number of phenolic OH excluding ortho intramolecular Hbond substituents is 1. The van der Waals surface area contributed by atoms with E-state index in [0.717, 1.165) is 32.1 Å². The molecule has 1 aromatic rings. The highest BCUT2D eigenvalue weighted by Crippen LogP contribution is 2.63. The van der Waals surface area contributed by atoms with Crippen LogP contribution in [0.4, 0.5) is 0 Å². The summed E-state index contributed by atoms with van der Waals surface area (Å²) >= 11 is 0. The first-order valence-electron chi connectivity index (χ1n) is 9.00. The Bertz CT molecular complexity index is 638. The van der Waals surface area contributed by atoms with Gasteiger partial charge in [0.2, 0.25) is 0 Å². The van der Waals surface area contributed by atoms with Gasteiger partial charge in [-0.05, 0) is 85.0 Å². The molecule has 0 aromatic heterocycles. The zero-order valence-electron chi connectivity index (χ0n) is 13.8. The Hall–Kier alpha value is -1.35. The molecule has 0 amide bonds. The highest BCUT2D eigenvalue weighted by atomic mass is 16.3. The number of aliphatic hydroxyl groups excluding tert-OH is 1. The summed E-state index contributed by atoms with van der Waals surface area (Å²) in [6.07, 6.45) is 6.49. The van der Waals surface area contributed by atoms with Crippen molar-refractivity contribution >= 4 is 5.78 Å². The third kappa shape index (κ3) is 2.16. The SMILES string of the molecule is C[C@]12CC[C@@H]3c4ccc(O)cc4CC[C@H]3[C@@H]1CC[C@@H]2C(=O)CO. The van der Waals surface area contributed by atoms with Crippen LogP contribution in [0.25, 0.3) is 0 Å². The molecule has 0 unspecified atom stereocenters. The Kier molecular flexibility index (Phi) is 3.53. The second-order valence-corrected chi connectivity index (χ2v) is 8.10. The number of hydrogen-bond donors (Lipinski definition) is 2. The molecule has 124 valence electrons. The summed E-state index contributed by atoms with van der Waals surface area (Å²) in [6, 6.07) is 5.88. The van der Waals surface area contributed by atoms with Crippen molar-refractivity contribution in [2.45, 2.75) is 51.4 Å². The average molecular weight is 314 g/mol. The van der Waals surface area contributed by atoms with Gasteiger partial charge in [0.15, 0.2) is 5.78 Å². The van der Waals surface area contributed by atoms with E-state index in [1.165, 1.54) is 17.5 Å². The zero-order valence-corrected chi connectivity index (χ0v) is 13.8. The van der Waals surface area contributed by atoms with Crippen molar-refractivity contribution in [2.24, 2.45) is 23.2 Å². The van der Waals surface area contributed by atoms with Gasteiger partial charge in [-0.25, -0.2) is 0 Å². The first kappa shape index (κ1) is 15.2. The maximum atomic E-state index is 12.2. The van der Waals surface area contributed by atoms with Gasteiger partial charge in [0.1, 0.15) is 12.4 Å². The fourth-order valence-corrected chi connectivity index (χ4v) is 6.21. The molecule has 0 aliphatic heterocycles. The van der Waals surface area contributed by atoms with E-state index in [-0.39, 0.29) is 23.7 Å². The quantitative estimate of drug-likeness (QED) is 0.879. The van der Waals surface area contributed by atoms with Crippen LogP contribution in [0.2, 0.25) is 0 Å². The third-order valence-electron chi connectivity index (χ3n) is 7.25. The number of phenols is 1. The molecule has 23 heavy (non-hydrogen) atoms. The van der Waals surface area contributed by atoms with Crippen LogP contribution in [0.15, 0.2) is 18.2 Å². The van der Waals surface area contributed by atoms with Crippen molar-refractivity contribution in [3.63, 3.8) is 0 Å². The van der Waals surface area contributed by atoms with E-state index < -0.39 is 0 Å². The van der Waals surface area contributed by atoms with Gasteiger partial charge in [0.05, 0.1) is 0 Å². The van der Waals surface area contributed by atoms with Crippen molar-refractivity contribution in [1.82, 2.24) is 0 Å². The molecule has 0 saturated heterocycles. The van der Waals surface area contributed by atoms with Crippen molar-refractivity contribution in [1.29, 1.82) is 0 Å². The van der Waals surface area contributed by atoms with Crippen LogP contribution in [-0.4, -0.2) is 22.6 Å². The molecular weight excluding hydrogens is 288 g/mol. The number of Topliss-reactive ketones (excluding diaryl/α,β-unsaturated/α-hetero) is 1. The number of carbonyl (C=O) groups is 1. The molecule has 0 radical (unpaired) electrons. The summed E-state index contributed by atoms with van der Waals surface area (Å²) in [5.41, 5.74) is 2.82. The summed E-state index contributed by atoms with van der Waals surface area (Å²) in [5.74, 6) is 2.32. The molecule has 5 atom stereocenters. The molecule has 3 heteroatoms. The molecule has 2 fully saturated rings. The Morgan fingerprint density at radius 2 is 2.09 bits per heavy atom. The molecule has 0 bridgehead atoms. The topological polar surface area (TPSA) is 57.5 Å². The number of fused-ring (bicyclic) bond motifs is 5. The number of benzene rings is 1. The monoisotopic (exact) mass is 314 g/mol. The predicted octanol–water partition coefficient (Wildman–Crippen LogP) is 3.43. The molecule has 3 nitrogen and oxygen atoms in total. The van der Waals surface area contributed by atoms with Gasteiger partial charge in [-0.1, -0.05) is 13.0 Å². The van der Waals surface area contributed by atoms with E-state index in [1.807, 2.05) is 12.1 Å². The van der Waals surface area contributed by atoms with Crippen molar-refractivity contribution in [3.05, 3.63) is 29.3 Å². The van der Waals surface area contributed by atoms with Gasteiger partial charge >= 0.3 is 0 Å². The van der Waals surface area contributed by atoms with Crippen molar-refractivity contribution in [2.75, 3.05) is 6.61 Å². The van der Waals surface area contributed by atoms with Gasteiger partial charge in [0.25, 0.3) is 0 Å². The minimum absolute atomic E-state index is 0.0505. The smallest absolute Gasteiger partial charge is 0.161 e. The first-order valence-corrected chi connectivity index (χ1v) is 9.00. The second-order valence-electron chi connectivity index (χ2n) is 8.10. The minimum Gasteiger partial charge on any atom is -0.508 e. The molecular formula is C20H26O3. The lowest BCUT2D eigenvalue weighted by Gasteiger charge is -2.50. The van der Waals surface area contributed by atoms with E-state index in [0.29, 0.717) is 23.5 Å². The Labute approximate surface area is 137 Å². The number of aliphatic hydroxyl groups is 1. The normalized spacial score (nSPS) is 38.5. The third-order valence-corrected chi connectivity index (χ3v) is 7.25. The van der Waals surface area contributed by atoms with Crippen molar-refractivity contribution < 1.29 is 15.0 Å². The molecule has 0 spiro atoms. The Balaban J connectivity index is 1.66. The van der Waals surface area contributed by atoms with Gasteiger partial charge in [-0.15, -0.1) is 0 Å². The fourth-order valence-electron chi connectivity index (χ4n) is 6.21. The summed E-state index contributed by atoms with van der Waals surface area (Å²) in [4.78, 5) is 12.2. The number of carbonyl (C=O) groups excluding carboxylic acids is 1. The van der Waals surface area contributed by atoms with Gasteiger partial charge < -0.3 is 10.2 Å². The van der Waals surface area contributed by atoms with Crippen LogP contribution < -0.4 is 0 Å². The maximum absolute atomic E-state index is 12.2.